The van der Waals surface area contributed by atoms with E-state index in [-0.39, 0.29) is 11.4 Å². The first-order chi connectivity index (χ1) is 11.4. The van der Waals surface area contributed by atoms with E-state index < -0.39 is 17.5 Å². The number of benzene rings is 1. The van der Waals surface area contributed by atoms with E-state index >= 15 is 0 Å². The average Bonchev–Trinajstić information content (AvgIpc) is 3.13. The molecule has 0 aliphatic rings. The predicted molar refractivity (Wildman–Crippen MR) is 81.8 cm³/mol. The molecular formula is C17H14F2N2O3. The summed E-state index contributed by atoms with van der Waals surface area (Å²) in [5, 5.41) is 6.31. The number of rotatable bonds is 4. The van der Waals surface area contributed by atoms with Crippen LogP contribution in [0.3, 0.4) is 0 Å². The molecule has 2 aromatic heterocycles. The summed E-state index contributed by atoms with van der Waals surface area (Å²) in [6.07, 6.45) is 0.444. The van der Waals surface area contributed by atoms with Crippen LogP contribution in [0, 0.1) is 25.5 Å². The number of carbonyl (C=O) groups is 1. The van der Waals surface area contributed by atoms with Crippen molar-refractivity contribution in [2.75, 3.05) is 5.32 Å². The summed E-state index contributed by atoms with van der Waals surface area (Å²) >= 11 is 0. The number of aryl methyl sites for hydroxylation is 2. The van der Waals surface area contributed by atoms with Gasteiger partial charge in [0.05, 0.1) is 5.69 Å². The van der Waals surface area contributed by atoms with Gasteiger partial charge in [0.1, 0.15) is 11.5 Å². The lowest BCUT2D eigenvalue weighted by molar-refractivity contribution is 0.0995. The standard InChI is InChI=1S/C17H14F2N2O3/c1-9-13(10(2)24-21-9)8-12-4-6-16(23-12)17(22)20-11-3-5-14(18)15(19)7-11/h3-7H,8H2,1-2H3,(H,20,22). The van der Waals surface area contributed by atoms with Crippen LogP contribution in [0.2, 0.25) is 0 Å². The van der Waals surface area contributed by atoms with Crippen molar-refractivity contribution < 1.29 is 22.5 Å². The maximum atomic E-state index is 13.2. The summed E-state index contributed by atoms with van der Waals surface area (Å²) in [6.45, 7) is 3.63. The molecule has 5 nitrogen and oxygen atoms in total. The van der Waals surface area contributed by atoms with Crippen LogP contribution in [-0.2, 0) is 6.42 Å². The van der Waals surface area contributed by atoms with E-state index in [2.05, 4.69) is 10.5 Å². The third kappa shape index (κ3) is 3.19. The van der Waals surface area contributed by atoms with Crippen LogP contribution >= 0.6 is 0 Å². The first kappa shape index (κ1) is 15.9. The van der Waals surface area contributed by atoms with E-state index in [1.165, 1.54) is 12.1 Å². The van der Waals surface area contributed by atoms with Gasteiger partial charge in [-0.2, -0.15) is 0 Å². The molecule has 1 N–H and O–H groups in total. The Balaban J connectivity index is 1.72. The van der Waals surface area contributed by atoms with E-state index in [0.29, 0.717) is 17.9 Å². The number of halogens is 2. The molecule has 0 fully saturated rings. The Hall–Kier alpha value is -2.96. The molecule has 0 spiro atoms. The largest absolute Gasteiger partial charge is 0.456 e. The van der Waals surface area contributed by atoms with Crippen molar-refractivity contribution in [2.24, 2.45) is 0 Å². The van der Waals surface area contributed by atoms with Gasteiger partial charge in [0.2, 0.25) is 0 Å². The summed E-state index contributed by atoms with van der Waals surface area (Å²) in [5.74, 6) is -1.23. The van der Waals surface area contributed by atoms with Gasteiger partial charge in [0.25, 0.3) is 5.91 Å². The average molecular weight is 332 g/mol. The maximum absolute atomic E-state index is 13.2. The Labute approximate surface area is 136 Å². The number of amides is 1. The Morgan fingerprint density at radius 1 is 1.17 bits per heavy atom. The van der Waals surface area contributed by atoms with Gasteiger partial charge in [0.15, 0.2) is 17.4 Å². The highest BCUT2D eigenvalue weighted by Gasteiger charge is 2.16. The molecule has 7 heteroatoms. The Kier molecular flexibility index (Phi) is 4.16. The number of hydrogen-bond donors (Lipinski definition) is 1. The highest BCUT2D eigenvalue weighted by molar-refractivity contribution is 6.02. The van der Waals surface area contributed by atoms with E-state index in [1.807, 2.05) is 6.92 Å². The van der Waals surface area contributed by atoms with Gasteiger partial charge in [-0.1, -0.05) is 5.16 Å². The second kappa shape index (κ2) is 6.27. The van der Waals surface area contributed by atoms with Gasteiger partial charge in [-0.05, 0) is 38.1 Å². The molecule has 0 bridgehead atoms. The lowest BCUT2D eigenvalue weighted by atomic mass is 10.1. The van der Waals surface area contributed by atoms with Crippen LogP contribution in [0.5, 0.6) is 0 Å². The topological polar surface area (TPSA) is 68.3 Å². The number of carbonyl (C=O) groups excluding carboxylic acids is 1. The minimum absolute atomic E-state index is 0.0708. The Morgan fingerprint density at radius 3 is 2.62 bits per heavy atom. The van der Waals surface area contributed by atoms with Crippen molar-refractivity contribution in [2.45, 2.75) is 20.3 Å². The third-order valence-electron chi connectivity index (χ3n) is 3.60. The van der Waals surface area contributed by atoms with Crippen LogP contribution in [0.15, 0.2) is 39.3 Å². The molecule has 0 saturated heterocycles. The first-order valence-electron chi connectivity index (χ1n) is 7.21. The van der Waals surface area contributed by atoms with Gasteiger partial charge < -0.3 is 14.3 Å². The molecule has 0 atom stereocenters. The monoisotopic (exact) mass is 332 g/mol. The molecule has 3 rings (SSSR count). The second-order valence-electron chi connectivity index (χ2n) is 5.33. The molecule has 0 saturated carbocycles. The fraction of sp³-hybridized carbons (Fsp3) is 0.176. The normalized spacial score (nSPS) is 10.8. The van der Waals surface area contributed by atoms with Crippen LogP contribution in [0.1, 0.15) is 33.3 Å². The smallest absolute Gasteiger partial charge is 0.291 e. The van der Waals surface area contributed by atoms with Crippen LogP contribution in [0.25, 0.3) is 0 Å². The van der Waals surface area contributed by atoms with Crippen molar-refractivity contribution in [3.05, 3.63) is 70.5 Å². The lowest BCUT2D eigenvalue weighted by Gasteiger charge is -2.03. The zero-order valence-electron chi connectivity index (χ0n) is 13.0. The van der Waals surface area contributed by atoms with Gasteiger partial charge in [-0.15, -0.1) is 0 Å². The quantitative estimate of drug-likeness (QED) is 0.784. The molecule has 0 aliphatic heterocycles. The summed E-state index contributed by atoms with van der Waals surface area (Å²) in [6, 6.07) is 6.30. The molecule has 0 aliphatic carbocycles. The molecule has 1 amide bonds. The number of nitrogens with one attached hydrogen (secondary N) is 1. The predicted octanol–water partition coefficient (Wildman–Crippen LogP) is 4.01. The fourth-order valence-electron chi connectivity index (χ4n) is 2.29. The SMILES string of the molecule is Cc1noc(C)c1Cc1ccc(C(=O)Nc2ccc(F)c(F)c2)o1. The number of hydrogen-bond acceptors (Lipinski definition) is 4. The number of anilines is 1. The summed E-state index contributed by atoms with van der Waals surface area (Å²) in [4.78, 5) is 12.1. The Bertz CT molecular complexity index is 880. The molecule has 1 aromatic carbocycles. The molecular weight excluding hydrogens is 318 g/mol. The zero-order chi connectivity index (χ0) is 17.3. The molecule has 3 aromatic rings. The number of furan rings is 1. The van der Waals surface area contributed by atoms with Crippen LogP contribution in [-0.4, -0.2) is 11.1 Å². The van der Waals surface area contributed by atoms with Crippen LogP contribution in [0.4, 0.5) is 14.5 Å². The van der Waals surface area contributed by atoms with Gasteiger partial charge in [0, 0.05) is 23.7 Å². The lowest BCUT2D eigenvalue weighted by Crippen LogP contribution is -2.11. The third-order valence-corrected chi connectivity index (χ3v) is 3.60. The minimum atomic E-state index is -1.04. The minimum Gasteiger partial charge on any atom is -0.456 e. The zero-order valence-corrected chi connectivity index (χ0v) is 13.0. The fourth-order valence-corrected chi connectivity index (χ4v) is 2.29. The van der Waals surface area contributed by atoms with Crippen molar-refractivity contribution in [1.82, 2.24) is 5.16 Å². The van der Waals surface area contributed by atoms with Crippen molar-refractivity contribution >= 4 is 11.6 Å². The molecule has 0 radical (unpaired) electrons. The van der Waals surface area contributed by atoms with Crippen LogP contribution < -0.4 is 5.32 Å². The van der Waals surface area contributed by atoms with Gasteiger partial charge in [-0.3, -0.25) is 4.79 Å². The van der Waals surface area contributed by atoms with E-state index in [0.717, 1.165) is 23.4 Å². The van der Waals surface area contributed by atoms with Crippen molar-refractivity contribution in [3.8, 4) is 0 Å². The van der Waals surface area contributed by atoms with Gasteiger partial charge >= 0.3 is 0 Å². The Morgan fingerprint density at radius 2 is 1.96 bits per heavy atom. The van der Waals surface area contributed by atoms with E-state index in [9.17, 15) is 13.6 Å². The van der Waals surface area contributed by atoms with Crippen molar-refractivity contribution in [1.29, 1.82) is 0 Å². The van der Waals surface area contributed by atoms with E-state index in [4.69, 9.17) is 8.94 Å². The molecule has 24 heavy (non-hydrogen) atoms. The summed E-state index contributed by atoms with van der Waals surface area (Å²) in [7, 11) is 0. The summed E-state index contributed by atoms with van der Waals surface area (Å²) in [5.41, 5.74) is 1.80. The van der Waals surface area contributed by atoms with E-state index in [1.54, 1.807) is 13.0 Å². The summed E-state index contributed by atoms with van der Waals surface area (Å²) < 4.78 is 36.6. The molecule has 0 unspecified atom stereocenters. The van der Waals surface area contributed by atoms with Crippen molar-refractivity contribution in [3.63, 3.8) is 0 Å². The highest BCUT2D eigenvalue weighted by atomic mass is 19.2. The number of aromatic nitrogens is 1. The first-order valence-corrected chi connectivity index (χ1v) is 7.21. The molecule has 2 heterocycles. The number of nitrogens with zero attached hydrogens (tertiary/aromatic N) is 1. The van der Waals surface area contributed by atoms with Gasteiger partial charge in [-0.25, -0.2) is 8.78 Å². The highest BCUT2D eigenvalue weighted by Crippen LogP contribution is 2.20. The second-order valence-corrected chi connectivity index (χ2v) is 5.33. The molecule has 124 valence electrons. The maximum Gasteiger partial charge on any atom is 0.291 e.